The monoisotopic (exact) mass is 400 g/mol. The first kappa shape index (κ1) is 18.2. The van der Waals surface area contributed by atoms with Crippen molar-refractivity contribution in [2.75, 3.05) is 12.1 Å². The Balaban J connectivity index is 1.42. The molecule has 3 aromatic carbocycles. The molecule has 2 amide bonds. The van der Waals surface area contributed by atoms with Gasteiger partial charge >= 0.3 is 0 Å². The second kappa shape index (κ2) is 7.55. The fourth-order valence-electron chi connectivity index (χ4n) is 3.91. The summed E-state index contributed by atoms with van der Waals surface area (Å²) in [6, 6.07) is 21.9. The Morgan fingerprint density at radius 3 is 2.57 bits per heavy atom. The van der Waals surface area contributed by atoms with E-state index in [0.29, 0.717) is 35.7 Å². The molecule has 150 valence electrons. The van der Waals surface area contributed by atoms with Gasteiger partial charge in [-0.25, -0.2) is 0 Å². The molecule has 0 aromatic heterocycles. The van der Waals surface area contributed by atoms with Gasteiger partial charge in [0, 0.05) is 30.3 Å². The summed E-state index contributed by atoms with van der Waals surface area (Å²) in [5.74, 6) is 0.891. The number of carbonyl (C=O) groups excluding carboxylic acids is 2. The number of fused-ring (bicyclic) bond motifs is 2. The molecule has 0 saturated carbocycles. The topological polar surface area (TPSA) is 67.9 Å². The van der Waals surface area contributed by atoms with E-state index in [9.17, 15) is 9.59 Å². The lowest BCUT2D eigenvalue weighted by molar-refractivity contribution is -0.120. The summed E-state index contributed by atoms with van der Waals surface area (Å²) in [6.07, 6.45) is 0.428. The standard InChI is InChI=1S/C24H20N2O4/c27-23(25-18-10-11-21-22(13-18)30-15-29-21)20(12-16-6-2-1-3-7-16)26-14-17-8-4-5-9-19(17)24(26)28/h1-11,13,20H,12,14-15H2,(H,25,27)/t20-/m0/s1. The highest BCUT2D eigenvalue weighted by Gasteiger charge is 2.36. The zero-order chi connectivity index (χ0) is 20.5. The number of ether oxygens (including phenoxy) is 2. The predicted molar refractivity (Wildman–Crippen MR) is 111 cm³/mol. The van der Waals surface area contributed by atoms with E-state index < -0.39 is 6.04 Å². The number of hydrogen-bond donors (Lipinski definition) is 1. The van der Waals surface area contributed by atoms with Crippen molar-refractivity contribution in [2.24, 2.45) is 0 Å². The summed E-state index contributed by atoms with van der Waals surface area (Å²) in [7, 11) is 0. The van der Waals surface area contributed by atoms with Crippen molar-refractivity contribution in [1.82, 2.24) is 4.90 Å². The minimum absolute atomic E-state index is 0.118. The smallest absolute Gasteiger partial charge is 0.255 e. The molecule has 2 aliphatic heterocycles. The van der Waals surface area contributed by atoms with Crippen LogP contribution in [0.15, 0.2) is 72.8 Å². The van der Waals surface area contributed by atoms with Gasteiger partial charge in [0.2, 0.25) is 12.7 Å². The molecule has 6 heteroatoms. The number of hydrogen-bond acceptors (Lipinski definition) is 4. The molecule has 0 unspecified atom stereocenters. The maximum absolute atomic E-state index is 13.3. The third kappa shape index (κ3) is 3.37. The van der Waals surface area contributed by atoms with Crippen molar-refractivity contribution in [1.29, 1.82) is 0 Å². The average Bonchev–Trinajstić information content (AvgIpc) is 3.37. The van der Waals surface area contributed by atoms with Crippen LogP contribution < -0.4 is 14.8 Å². The highest BCUT2D eigenvalue weighted by atomic mass is 16.7. The number of anilines is 1. The fourth-order valence-corrected chi connectivity index (χ4v) is 3.91. The maximum Gasteiger partial charge on any atom is 0.255 e. The van der Waals surface area contributed by atoms with E-state index in [-0.39, 0.29) is 18.6 Å². The van der Waals surface area contributed by atoms with E-state index in [1.807, 2.05) is 54.6 Å². The minimum Gasteiger partial charge on any atom is -0.454 e. The zero-order valence-electron chi connectivity index (χ0n) is 16.2. The molecular weight excluding hydrogens is 380 g/mol. The molecule has 1 N–H and O–H groups in total. The van der Waals surface area contributed by atoms with Crippen molar-refractivity contribution >= 4 is 17.5 Å². The highest BCUT2D eigenvalue weighted by molar-refractivity contribution is 6.03. The minimum atomic E-state index is -0.641. The first-order valence-electron chi connectivity index (χ1n) is 9.82. The molecule has 0 fully saturated rings. The van der Waals surface area contributed by atoms with Gasteiger partial charge in [0.1, 0.15) is 6.04 Å². The summed E-state index contributed by atoms with van der Waals surface area (Å²) in [4.78, 5) is 28.0. The van der Waals surface area contributed by atoms with Gasteiger partial charge in [-0.15, -0.1) is 0 Å². The summed E-state index contributed by atoms with van der Waals surface area (Å²) in [6.45, 7) is 0.588. The van der Waals surface area contributed by atoms with Gasteiger partial charge in [-0.2, -0.15) is 0 Å². The molecule has 5 rings (SSSR count). The number of carbonyl (C=O) groups is 2. The molecule has 0 saturated heterocycles. The van der Waals surface area contributed by atoms with Crippen LogP contribution in [0.25, 0.3) is 0 Å². The number of nitrogens with one attached hydrogen (secondary N) is 1. The van der Waals surface area contributed by atoms with E-state index in [1.165, 1.54) is 0 Å². The second-order valence-electron chi connectivity index (χ2n) is 7.35. The molecule has 2 aliphatic rings. The van der Waals surface area contributed by atoms with Gasteiger partial charge in [-0.05, 0) is 29.3 Å². The van der Waals surface area contributed by atoms with Crippen LogP contribution in [0.1, 0.15) is 21.5 Å². The van der Waals surface area contributed by atoms with Crippen LogP contribution >= 0.6 is 0 Å². The fraction of sp³-hybridized carbons (Fsp3) is 0.167. The number of nitrogens with zero attached hydrogens (tertiary/aromatic N) is 1. The molecule has 30 heavy (non-hydrogen) atoms. The Bertz CT molecular complexity index is 1110. The SMILES string of the molecule is O=C(Nc1ccc2c(c1)OCO2)[C@H](Cc1ccccc1)N1Cc2ccccc2C1=O. The van der Waals surface area contributed by atoms with E-state index in [0.717, 1.165) is 11.1 Å². The van der Waals surface area contributed by atoms with Crippen molar-refractivity contribution in [3.05, 3.63) is 89.5 Å². The Hall–Kier alpha value is -3.80. The third-order valence-electron chi connectivity index (χ3n) is 5.44. The lowest BCUT2D eigenvalue weighted by atomic mass is 10.0. The second-order valence-corrected chi connectivity index (χ2v) is 7.35. The highest BCUT2D eigenvalue weighted by Crippen LogP contribution is 2.34. The zero-order valence-corrected chi connectivity index (χ0v) is 16.2. The van der Waals surface area contributed by atoms with Crippen molar-refractivity contribution < 1.29 is 19.1 Å². The predicted octanol–water partition coefficient (Wildman–Crippen LogP) is 3.62. The van der Waals surface area contributed by atoms with Crippen molar-refractivity contribution in [3.63, 3.8) is 0 Å². The van der Waals surface area contributed by atoms with Gasteiger partial charge in [0.05, 0.1) is 0 Å². The molecule has 0 spiro atoms. The van der Waals surface area contributed by atoms with Crippen molar-refractivity contribution in [3.8, 4) is 11.5 Å². The van der Waals surface area contributed by atoms with E-state index in [4.69, 9.17) is 9.47 Å². The van der Waals surface area contributed by atoms with Gasteiger partial charge in [-0.1, -0.05) is 48.5 Å². The van der Waals surface area contributed by atoms with Crippen LogP contribution in [0.4, 0.5) is 5.69 Å². The van der Waals surface area contributed by atoms with Gasteiger partial charge in [0.15, 0.2) is 11.5 Å². The van der Waals surface area contributed by atoms with E-state index in [1.54, 1.807) is 23.1 Å². The molecule has 3 aromatic rings. The maximum atomic E-state index is 13.3. The first-order valence-corrected chi connectivity index (χ1v) is 9.82. The molecule has 0 aliphatic carbocycles. The largest absolute Gasteiger partial charge is 0.454 e. The van der Waals surface area contributed by atoms with Crippen LogP contribution in [0.2, 0.25) is 0 Å². The van der Waals surface area contributed by atoms with Crippen LogP contribution in [-0.4, -0.2) is 29.5 Å². The van der Waals surface area contributed by atoms with E-state index >= 15 is 0 Å². The average molecular weight is 400 g/mol. The van der Waals surface area contributed by atoms with Gasteiger partial charge in [0.25, 0.3) is 5.91 Å². The summed E-state index contributed by atoms with van der Waals surface area (Å²) in [5.41, 5.74) is 3.20. The lowest BCUT2D eigenvalue weighted by Crippen LogP contribution is -2.45. The lowest BCUT2D eigenvalue weighted by Gasteiger charge is -2.27. The summed E-state index contributed by atoms with van der Waals surface area (Å²) >= 11 is 0. The Morgan fingerprint density at radius 1 is 0.967 bits per heavy atom. The first-order chi connectivity index (χ1) is 14.7. The van der Waals surface area contributed by atoms with Gasteiger partial charge in [-0.3, -0.25) is 9.59 Å². The number of benzene rings is 3. The molecule has 6 nitrogen and oxygen atoms in total. The number of amides is 2. The molecular formula is C24H20N2O4. The molecule has 1 atom stereocenters. The van der Waals surface area contributed by atoms with Crippen LogP contribution in [-0.2, 0) is 17.8 Å². The normalized spacial score (nSPS) is 15.1. The summed E-state index contributed by atoms with van der Waals surface area (Å²) in [5, 5.41) is 2.95. The molecule has 0 radical (unpaired) electrons. The van der Waals surface area contributed by atoms with Crippen molar-refractivity contribution in [2.45, 2.75) is 19.0 Å². The van der Waals surface area contributed by atoms with Crippen LogP contribution in [0, 0.1) is 0 Å². The quantitative estimate of drug-likeness (QED) is 0.710. The molecule has 2 heterocycles. The Morgan fingerprint density at radius 2 is 1.73 bits per heavy atom. The third-order valence-corrected chi connectivity index (χ3v) is 5.44. The van der Waals surface area contributed by atoms with Gasteiger partial charge < -0.3 is 19.7 Å². The van der Waals surface area contributed by atoms with E-state index in [2.05, 4.69) is 5.32 Å². The summed E-state index contributed by atoms with van der Waals surface area (Å²) < 4.78 is 10.7. The van der Waals surface area contributed by atoms with Crippen LogP contribution in [0.5, 0.6) is 11.5 Å². The molecule has 0 bridgehead atoms. The Labute approximate surface area is 174 Å². The van der Waals surface area contributed by atoms with Crippen LogP contribution in [0.3, 0.4) is 0 Å². The number of rotatable bonds is 5. The Kier molecular flexibility index (Phi) is 4.59.